The molecular formula is C27H46O. The van der Waals surface area contributed by atoms with Gasteiger partial charge in [-0.05, 0) is 104 Å². The van der Waals surface area contributed by atoms with Gasteiger partial charge in [0.15, 0.2) is 0 Å². The van der Waals surface area contributed by atoms with Gasteiger partial charge in [-0.2, -0.15) is 0 Å². The zero-order chi connectivity index (χ0) is 20.1. The first-order valence-electron chi connectivity index (χ1n) is 12.6. The molecule has 1 heteroatoms. The van der Waals surface area contributed by atoms with Crippen molar-refractivity contribution in [1.29, 1.82) is 0 Å². The van der Waals surface area contributed by atoms with Gasteiger partial charge < -0.3 is 5.11 Å². The summed E-state index contributed by atoms with van der Waals surface area (Å²) in [5, 5.41) is 11.2. The predicted molar refractivity (Wildman–Crippen MR) is 119 cm³/mol. The summed E-state index contributed by atoms with van der Waals surface area (Å²) in [5.41, 5.74) is 0.953. The Labute approximate surface area is 174 Å². The number of aliphatic hydroxyl groups is 1. The van der Waals surface area contributed by atoms with E-state index in [1.165, 1.54) is 51.4 Å². The van der Waals surface area contributed by atoms with E-state index in [-0.39, 0.29) is 6.10 Å². The Bertz CT molecular complexity index is 579. The molecule has 0 saturated heterocycles. The van der Waals surface area contributed by atoms with Gasteiger partial charge in [-0.1, -0.05) is 59.6 Å². The van der Waals surface area contributed by atoms with Crippen molar-refractivity contribution in [3.8, 4) is 0 Å². The van der Waals surface area contributed by atoms with Gasteiger partial charge in [0.2, 0.25) is 0 Å². The van der Waals surface area contributed by atoms with Gasteiger partial charge in [0, 0.05) is 0 Å². The summed E-state index contributed by atoms with van der Waals surface area (Å²) in [5.74, 6) is 5.24. The maximum Gasteiger partial charge on any atom is 0.0582 e. The van der Waals surface area contributed by atoms with Crippen LogP contribution in [0.2, 0.25) is 0 Å². The van der Waals surface area contributed by atoms with Crippen molar-refractivity contribution in [2.75, 3.05) is 0 Å². The number of hydrogen-bond acceptors (Lipinski definition) is 1. The highest BCUT2D eigenvalue weighted by molar-refractivity contribution is 5.13. The molecule has 0 aromatic carbocycles. The number of allylic oxidation sites excluding steroid dienone is 2. The lowest BCUT2D eigenvalue weighted by molar-refractivity contribution is -0.113. The monoisotopic (exact) mass is 386 g/mol. The van der Waals surface area contributed by atoms with Gasteiger partial charge >= 0.3 is 0 Å². The van der Waals surface area contributed by atoms with E-state index in [4.69, 9.17) is 0 Å². The molecule has 9 atom stereocenters. The third kappa shape index (κ3) is 3.32. The quantitative estimate of drug-likeness (QED) is 0.505. The standard InChI is InChI=1S/C27H46O/c1-18(2)9-8-10-19(3)25-24(28)17-23-21-13-12-20-11-6-7-15-26(20,4)22(21)14-16-27(23,25)5/h8,10,18-25,28H,6-7,9,11-17H2,1-5H3/b10-8+. The summed E-state index contributed by atoms with van der Waals surface area (Å²) < 4.78 is 0. The molecule has 0 spiro atoms. The maximum absolute atomic E-state index is 11.2. The molecule has 0 aromatic rings. The lowest BCUT2D eigenvalue weighted by atomic mass is 9.44. The second kappa shape index (κ2) is 7.75. The Morgan fingerprint density at radius 1 is 0.929 bits per heavy atom. The van der Waals surface area contributed by atoms with E-state index >= 15 is 0 Å². The first-order chi connectivity index (χ1) is 13.3. The SMILES string of the molecule is CC(C)C/C=C/C(C)C1C(O)CC2C3CCC4CCCCC4(C)C3CCC21C. The molecule has 4 fully saturated rings. The summed E-state index contributed by atoms with van der Waals surface area (Å²) in [6, 6.07) is 0. The summed E-state index contributed by atoms with van der Waals surface area (Å²) in [6.45, 7) is 12.2. The van der Waals surface area contributed by atoms with E-state index in [0.29, 0.717) is 22.7 Å². The van der Waals surface area contributed by atoms with Crippen LogP contribution < -0.4 is 0 Å². The molecule has 1 N–H and O–H groups in total. The molecule has 0 bridgehead atoms. The van der Waals surface area contributed by atoms with Crippen LogP contribution in [-0.2, 0) is 0 Å². The third-order valence-corrected chi connectivity index (χ3v) is 10.3. The average molecular weight is 387 g/mol. The molecule has 28 heavy (non-hydrogen) atoms. The zero-order valence-corrected chi connectivity index (χ0v) is 19.3. The Hall–Kier alpha value is -0.300. The highest BCUT2D eigenvalue weighted by Gasteiger charge is 2.62. The van der Waals surface area contributed by atoms with Crippen LogP contribution in [0.15, 0.2) is 12.2 Å². The Kier molecular flexibility index (Phi) is 5.80. The molecule has 4 aliphatic carbocycles. The second-order valence-corrected chi connectivity index (χ2v) is 12.2. The Morgan fingerprint density at radius 3 is 2.46 bits per heavy atom. The fourth-order valence-electron chi connectivity index (χ4n) is 8.98. The highest BCUT2D eigenvalue weighted by Crippen LogP contribution is 2.68. The van der Waals surface area contributed by atoms with E-state index < -0.39 is 0 Å². The fraction of sp³-hybridized carbons (Fsp3) is 0.926. The lowest BCUT2D eigenvalue weighted by Crippen LogP contribution is -2.53. The molecule has 4 saturated carbocycles. The molecule has 0 aromatic heterocycles. The van der Waals surface area contributed by atoms with Gasteiger partial charge in [-0.15, -0.1) is 0 Å². The summed E-state index contributed by atoms with van der Waals surface area (Å²) in [6.07, 6.45) is 18.6. The number of rotatable bonds is 4. The molecule has 0 amide bonds. The van der Waals surface area contributed by atoms with Crippen molar-refractivity contribution in [3.63, 3.8) is 0 Å². The van der Waals surface area contributed by atoms with Crippen molar-refractivity contribution >= 4 is 0 Å². The van der Waals surface area contributed by atoms with Crippen molar-refractivity contribution < 1.29 is 5.11 Å². The molecule has 160 valence electrons. The third-order valence-electron chi connectivity index (χ3n) is 10.3. The number of hydrogen-bond donors (Lipinski definition) is 1. The van der Waals surface area contributed by atoms with Gasteiger partial charge in [0.1, 0.15) is 0 Å². The van der Waals surface area contributed by atoms with E-state index in [1.807, 2.05) is 0 Å². The molecule has 9 unspecified atom stereocenters. The molecule has 1 nitrogen and oxygen atoms in total. The number of aliphatic hydroxyl groups excluding tert-OH is 1. The molecule has 0 radical (unpaired) electrons. The van der Waals surface area contributed by atoms with Crippen LogP contribution in [-0.4, -0.2) is 11.2 Å². The topological polar surface area (TPSA) is 20.2 Å². The highest BCUT2D eigenvalue weighted by atomic mass is 16.3. The fourth-order valence-corrected chi connectivity index (χ4v) is 8.98. The van der Waals surface area contributed by atoms with Crippen molar-refractivity contribution in [2.24, 2.45) is 52.3 Å². The van der Waals surface area contributed by atoms with E-state index in [9.17, 15) is 5.11 Å². The Balaban J connectivity index is 1.55. The molecule has 0 heterocycles. The predicted octanol–water partition coefficient (Wildman–Crippen LogP) is 7.24. The Morgan fingerprint density at radius 2 is 1.71 bits per heavy atom. The maximum atomic E-state index is 11.2. The smallest absolute Gasteiger partial charge is 0.0582 e. The minimum atomic E-state index is -0.0932. The van der Waals surface area contributed by atoms with Crippen LogP contribution in [0.1, 0.15) is 98.8 Å². The van der Waals surface area contributed by atoms with Gasteiger partial charge in [0.25, 0.3) is 0 Å². The van der Waals surface area contributed by atoms with Crippen LogP contribution in [0, 0.1) is 52.3 Å². The van der Waals surface area contributed by atoms with Gasteiger partial charge in [-0.3, -0.25) is 0 Å². The molecule has 0 aliphatic heterocycles. The summed E-state index contributed by atoms with van der Waals surface area (Å²) >= 11 is 0. The summed E-state index contributed by atoms with van der Waals surface area (Å²) in [7, 11) is 0. The second-order valence-electron chi connectivity index (χ2n) is 12.2. The van der Waals surface area contributed by atoms with Crippen LogP contribution in [0.3, 0.4) is 0 Å². The van der Waals surface area contributed by atoms with Crippen LogP contribution in [0.25, 0.3) is 0 Å². The van der Waals surface area contributed by atoms with E-state index in [0.717, 1.165) is 42.4 Å². The van der Waals surface area contributed by atoms with E-state index in [2.05, 4.69) is 46.8 Å². The zero-order valence-electron chi connectivity index (χ0n) is 19.3. The van der Waals surface area contributed by atoms with Crippen molar-refractivity contribution in [3.05, 3.63) is 12.2 Å². The molecule has 4 aliphatic rings. The van der Waals surface area contributed by atoms with E-state index in [1.54, 1.807) is 0 Å². The number of fused-ring (bicyclic) bond motifs is 5. The van der Waals surface area contributed by atoms with Crippen molar-refractivity contribution in [1.82, 2.24) is 0 Å². The minimum Gasteiger partial charge on any atom is -0.393 e. The van der Waals surface area contributed by atoms with Crippen LogP contribution >= 0.6 is 0 Å². The van der Waals surface area contributed by atoms with Crippen LogP contribution in [0.5, 0.6) is 0 Å². The summed E-state index contributed by atoms with van der Waals surface area (Å²) in [4.78, 5) is 0. The normalized spacial score (nSPS) is 49.7. The van der Waals surface area contributed by atoms with Gasteiger partial charge in [0.05, 0.1) is 6.10 Å². The molecule has 4 rings (SSSR count). The largest absolute Gasteiger partial charge is 0.393 e. The first kappa shape index (κ1) is 21.0. The molecular weight excluding hydrogens is 340 g/mol. The van der Waals surface area contributed by atoms with Crippen molar-refractivity contribution in [2.45, 2.75) is 105 Å². The van der Waals surface area contributed by atoms with Crippen LogP contribution in [0.4, 0.5) is 0 Å². The van der Waals surface area contributed by atoms with Gasteiger partial charge in [-0.25, -0.2) is 0 Å². The lowest BCUT2D eigenvalue weighted by Gasteiger charge is -2.60. The minimum absolute atomic E-state index is 0.0932. The first-order valence-corrected chi connectivity index (χ1v) is 12.6. The average Bonchev–Trinajstić information content (AvgIpc) is 2.91.